The van der Waals surface area contributed by atoms with E-state index in [0.717, 1.165) is 58.9 Å². The number of aromatic nitrogens is 4. The summed E-state index contributed by atoms with van der Waals surface area (Å²) in [5, 5.41) is 31.8. The lowest BCUT2D eigenvalue weighted by Crippen LogP contribution is -2.04. The number of carbonyl (C=O) groups is 2. The number of nitrogens with zero attached hydrogens (tertiary/aromatic N) is 2. The predicted octanol–water partition coefficient (Wildman–Crippen LogP) is 6.39. The van der Waals surface area contributed by atoms with E-state index >= 15 is 0 Å². The molecule has 0 aliphatic carbocycles. The summed E-state index contributed by atoms with van der Waals surface area (Å²) in [6.45, 7) is 8.37. The Hall–Kier alpha value is -4.74. The van der Waals surface area contributed by atoms with Crippen LogP contribution in [0.4, 0.5) is 8.78 Å². The van der Waals surface area contributed by atoms with Crippen LogP contribution in [0.3, 0.4) is 0 Å². The highest BCUT2D eigenvalue weighted by molar-refractivity contribution is 5.88. The molecule has 0 fully saturated rings. The Morgan fingerprint density at radius 1 is 0.721 bits per heavy atom. The highest BCUT2D eigenvalue weighted by atomic mass is 19.1. The van der Waals surface area contributed by atoms with Gasteiger partial charge in [0.15, 0.2) is 23.1 Å². The van der Waals surface area contributed by atoms with Crippen LogP contribution < -0.4 is 9.47 Å². The van der Waals surface area contributed by atoms with E-state index in [9.17, 15) is 18.4 Å². The number of carboxylic acid groups (broad SMARTS) is 2. The van der Waals surface area contributed by atoms with Crippen molar-refractivity contribution in [2.45, 2.75) is 60.8 Å². The van der Waals surface area contributed by atoms with Gasteiger partial charge in [-0.15, -0.1) is 0 Å². The molecule has 2 aromatic carbocycles. The SMILES string of the molecule is C.Cc1n[nH]c(C)c1CCCOc1cc(C(=O)O)ccc1F.Cc1n[nH]c(C)c1CCCOc1cc(C(=O)O)ccc1F. The van der Waals surface area contributed by atoms with Crippen molar-refractivity contribution < 1.29 is 38.1 Å². The summed E-state index contributed by atoms with van der Waals surface area (Å²) in [6.07, 6.45) is 2.93. The lowest BCUT2D eigenvalue weighted by atomic mass is 10.1. The third-order valence-electron chi connectivity index (χ3n) is 6.58. The van der Waals surface area contributed by atoms with Gasteiger partial charge in [-0.2, -0.15) is 10.2 Å². The molecular weight excluding hydrogens is 562 g/mol. The standard InChI is InChI=1S/2C15H17FN2O3.CH4/c2*1-9-12(10(2)18-17-9)4-3-7-21-14-8-11(15(19)20)5-6-13(14)16;/h2*5-6,8H,3-4,7H2,1-2H3,(H,17,18)(H,19,20);1H4. The van der Waals surface area contributed by atoms with Crippen LogP contribution in [0.5, 0.6) is 11.5 Å². The number of halogens is 2. The van der Waals surface area contributed by atoms with Crippen LogP contribution in [-0.4, -0.2) is 55.8 Å². The molecule has 4 N–H and O–H groups in total. The number of rotatable bonds is 12. The van der Waals surface area contributed by atoms with Gasteiger partial charge in [-0.05, 0) is 101 Å². The molecule has 0 saturated heterocycles. The van der Waals surface area contributed by atoms with Crippen molar-refractivity contribution in [3.8, 4) is 11.5 Å². The average Bonchev–Trinajstić information content (AvgIpc) is 3.45. The van der Waals surface area contributed by atoms with Crippen LogP contribution >= 0.6 is 0 Å². The first kappa shape index (κ1) is 34.5. The molecule has 4 aromatic rings. The van der Waals surface area contributed by atoms with Gasteiger partial charge in [0, 0.05) is 11.4 Å². The highest BCUT2D eigenvalue weighted by Crippen LogP contribution is 2.21. The molecule has 0 aliphatic rings. The monoisotopic (exact) mass is 600 g/mol. The largest absolute Gasteiger partial charge is 0.490 e. The Morgan fingerprint density at radius 2 is 1.09 bits per heavy atom. The smallest absolute Gasteiger partial charge is 0.335 e. The number of aryl methyl sites for hydroxylation is 4. The number of ether oxygens (including phenoxy) is 2. The van der Waals surface area contributed by atoms with Crippen LogP contribution in [0.1, 0.15) is 74.9 Å². The summed E-state index contributed by atoms with van der Waals surface area (Å²) in [5.74, 6) is -3.40. The fraction of sp³-hybridized carbons (Fsp3) is 0.355. The molecule has 0 amide bonds. The van der Waals surface area contributed by atoms with E-state index in [4.69, 9.17) is 19.7 Å². The minimum atomic E-state index is -1.11. The number of aromatic amines is 2. The number of hydrogen-bond acceptors (Lipinski definition) is 6. The van der Waals surface area contributed by atoms with Crippen molar-refractivity contribution >= 4 is 11.9 Å². The van der Waals surface area contributed by atoms with Gasteiger partial charge in [-0.25, -0.2) is 18.4 Å². The van der Waals surface area contributed by atoms with E-state index in [0.29, 0.717) is 26.1 Å². The lowest BCUT2D eigenvalue weighted by molar-refractivity contribution is 0.0685. The molecule has 43 heavy (non-hydrogen) atoms. The summed E-state index contributed by atoms with van der Waals surface area (Å²) in [7, 11) is 0. The Balaban J connectivity index is 0.000000293. The molecule has 12 heteroatoms. The first-order chi connectivity index (χ1) is 20.0. The van der Waals surface area contributed by atoms with Crippen LogP contribution in [0.15, 0.2) is 36.4 Å². The highest BCUT2D eigenvalue weighted by Gasteiger charge is 2.12. The van der Waals surface area contributed by atoms with Gasteiger partial charge in [-0.1, -0.05) is 7.43 Å². The maximum absolute atomic E-state index is 13.5. The predicted molar refractivity (Wildman–Crippen MR) is 157 cm³/mol. The molecule has 2 heterocycles. The number of nitrogens with one attached hydrogen (secondary N) is 2. The maximum atomic E-state index is 13.5. The molecule has 232 valence electrons. The molecule has 10 nitrogen and oxygen atoms in total. The van der Waals surface area contributed by atoms with E-state index in [-0.39, 0.29) is 30.1 Å². The van der Waals surface area contributed by atoms with Crippen molar-refractivity contribution in [2.24, 2.45) is 0 Å². The zero-order chi connectivity index (χ0) is 30.8. The Morgan fingerprint density at radius 3 is 1.40 bits per heavy atom. The van der Waals surface area contributed by atoms with Gasteiger partial charge in [0.2, 0.25) is 0 Å². The molecule has 0 saturated carbocycles. The zero-order valence-corrected chi connectivity index (χ0v) is 23.9. The normalized spacial score (nSPS) is 10.4. The third-order valence-corrected chi connectivity index (χ3v) is 6.58. The van der Waals surface area contributed by atoms with Gasteiger partial charge in [0.05, 0.1) is 35.7 Å². The van der Waals surface area contributed by atoms with Crippen molar-refractivity contribution in [2.75, 3.05) is 13.2 Å². The number of H-pyrrole nitrogens is 2. The van der Waals surface area contributed by atoms with Crippen molar-refractivity contribution in [1.82, 2.24) is 20.4 Å². The molecule has 0 atom stereocenters. The average molecular weight is 601 g/mol. The fourth-order valence-corrected chi connectivity index (χ4v) is 4.24. The summed E-state index contributed by atoms with van der Waals surface area (Å²) in [6, 6.07) is 7.02. The van der Waals surface area contributed by atoms with Crippen molar-refractivity contribution in [3.05, 3.63) is 93.1 Å². The number of benzene rings is 2. The molecule has 0 aliphatic heterocycles. The zero-order valence-electron chi connectivity index (χ0n) is 23.9. The van der Waals surface area contributed by atoms with Crippen LogP contribution in [-0.2, 0) is 12.8 Å². The third kappa shape index (κ3) is 9.66. The summed E-state index contributed by atoms with van der Waals surface area (Å²) in [5.41, 5.74) is 6.23. The molecule has 2 aromatic heterocycles. The number of carboxylic acids is 2. The van der Waals surface area contributed by atoms with Crippen LogP contribution in [0.2, 0.25) is 0 Å². The molecule has 4 rings (SSSR count). The van der Waals surface area contributed by atoms with E-state index in [1.54, 1.807) is 0 Å². The van der Waals surface area contributed by atoms with Crippen molar-refractivity contribution in [1.29, 1.82) is 0 Å². The van der Waals surface area contributed by atoms with Crippen LogP contribution in [0, 0.1) is 39.3 Å². The first-order valence-electron chi connectivity index (χ1n) is 13.3. The molecule has 0 bridgehead atoms. The van der Waals surface area contributed by atoms with E-state index in [1.165, 1.54) is 24.3 Å². The topological polar surface area (TPSA) is 150 Å². The second-order valence-electron chi connectivity index (χ2n) is 9.63. The molecule has 0 unspecified atom stereocenters. The minimum Gasteiger partial charge on any atom is -0.490 e. The molecule has 0 radical (unpaired) electrons. The fourth-order valence-electron chi connectivity index (χ4n) is 4.24. The first-order valence-corrected chi connectivity index (χ1v) is 13.3. The van der Waals surface area contributed by atoms with Gasteiger partial charge >= 0.3 is 11.9 Å². The van der Waals surface area contributed by atoms with E-state index in [2.05, 4.69) is 20.4 Å². The second kappa shape index (κ2) is 16.0. The molecular formula is C31H38F2N4O6. The van der Waals surface area contributed by atoms with Gasteiger partial charge in [-0.3, -0.25) is 10.2 Å². The Labute approximate surface area is 249 Å². The van der Waals surface area contributed by atoms with Crippen molar-refractivity contribution in [3.63, 3.8) is 0 Å². The Kier molecular flexibility index (Phi) is 12.9. The summed E-state index contributed by atoms with van der Waals surface area (Å²) in [4.78, 5) is 21.7. The van der Waals surface area contributed by atoms with Gasteiger partial charge in [0.25, 0.3) is 0 Å². The van der Waals surface area contributed by atoms with Gasteiger partial charge in [0.1, 0.15) is 0 Å². The maximum Gasteiger partial charge on any atom is 0.335 e. The van der Waals surface area contributed by atoms with Crippen LogP contribution in [0.25, 0.3) is 0 Å². The second-order valence-corrected chi connectivity index (χ2v) is 9.63. The number of hydrogen-bond donors (Lipinski definition) is 4. The van der Waals surface area contributed by atoms with E-state index in [1.807, 2.05) is 27.7 Å². The quantitative estimate of drug-likeness (QED) is 0.137. The Bertz CT molecular complexity index is 1380. The minimum absolute atomic E-state index is 0. The lowest BCUT2D eigenvalue weighted by Gasteiger charge is -2.08. The van der Waals surface area contributed by atoms with Gasteiger partial charge < -0.3 is 19.7 Å². The summed E-state index contributed by atoms with van der Waals surface area (Å²) < 4.78 is 37.7. The molecule has 0 spiro atoms. The number of aromatic carboxylic acids is 2. The summed E-state index contributed by atoms with van der Waals surface area (Å²) >= 11 is 0. The van der Waals surface area contributed by atoms with E-state index < -0.39 is 23.6 Å².